The minimum Gasteiger partial charge on any atom is -0.367 e. The molecule has 1 atom stereocenters. The number of hydrogen-bond donors (Lipinski definition) is 1. The number of carbonyl (C=O) groups is 1. The molecule has 23 heavy (non-hydrogen) atoms. The number of carbonyl (C=O) groups excluding carboxylic acids is 1. The monoisotopic (exact) mass is 315 g/mol. The molecular formula is C16H21N5O2. The molecule has 1 aliphatic rings. The predicted octanol–water partition coefficient (Wildman–Crippen LogP) is 1.56. The Labute approximate surface area is 135 Å². The molecule has 3 rings (SSSR count). The summed E-state index contributed by atoms with van der Waals surface area (Å²) in [5.41, 5.74) is 0.994. The number of rotatable bonds is 4. The van der Waals surface area contributed by atoms with Gasteiger partial charge in [0.2, 0.25) is 0 Å². The van der Waals surface area contributed by atoms with Crippen LogP contribution in [0.3, 0.4) is 0 Å². The fourth-order valence-electron chi connectivity index (χ4n) is 2.65. The maximum Gasteiger partial charge on any atom is 0.254 e. The second kappa shape index (κ2) is 6.45. The Hall–Kier alpha value is -2.28. The molecule has 1 N–H and O–H groups in total. The van der Waals surface area contributed by atoms with Gasteiger partial charge in [-0.25, -0.2) is 9.97 Å². The Morgan fingerprint density at radius 3 is 2.74 bits per heavy atom. The molecule has 0 spiro atoms. The van der Waals surface area contributed by atoms with E-state index in [4.69, 9.17) is 4.74 Å². The van der Waals surface area contributed by atoms with Crippen molar-refractivity contribution in [3.8, 4) is 0 Å². The summed E-state index contributed by atoms with van der Waals surface area (Å²) in [7, 11) is 1.78. The molecule has 0 bridgehead atoms. The number of aryl methyl sites for hydroxylation is 1. The molecule has 0 aliphatic carbocycles. The van der Waals surface area contributed by atoms with E-state index in [0.29, 0.717) is 17.9 Å². The van der Waals surface area contributed by atoms with E-state index < -0.39 is 5.60 Å². The SMILES string of the molecule is Cn1cc(C(=O)NCc2cnc([C@@]3(C)CCCCO3)nc2)cn1. The van der Waals surface area contributed by atoms with Gasteiger partial charge in [0.15, 0.2) is 5.82 Å². The molecular weight excluding hydrogens is 294 g/mol. The first-order valence-corrected chi connectivity index (χ1v) is 7.79. The first-order chi connectivity index (χ1) is 11.1. The molecule has 1 aliphatic heterocycles. The molecule has 1 amide bonds. The quantitative estimate of drug-likeness (QED) is 0.926. The number of amides is 1. The first kappa shape index (κ1) is 15.6. The van der Waals surface area contributed by atoms with Crippen LogP contribution in [-0.4, -0.2) is 32.3 Å². The molecule has 7 nitrogen and oxygen atoms in total. The number of nitrogens with zero attached hydrogens (tertiary/aromatic N) is 4. The van der Waals surface area contributed by atoms with Gasteiger partial charge in [-0.15, -0.1) is 0 Å². The Kier molecular flexibility index (Phi) is 4.38. The van der Waals surface area contributed by atoms with Crippen molar-refractivity contribution in [2.24, 2.45) is 7.05 Å². The van der Waals surface area contributed by atoms with Crippen molar-refractivity contribution in [3.63, 3.8) is 0 Å². The van der Waals surface area contributed by atoms with Crippen molar-refractivity contribution >= 4 is 5.91 Å². The molecule has 122 valence electrons. The largest absolute Gasteiger partial charge is 0.367 e. The number of aromatic nitrogens is 4. The molecule has 7 heteroatoms. The summed E-state index contributed by atoms with van der Waals surface area (Å²) >= 11 is 0. The second-order valence-corrected chi connectivity index (χ2v) is 6.04. The van der Waals surface area contributed by atoms with E-state index in [2.05, 4.69) is 20.4 Å². The third-order valence-electron chi connectivity index (χ3n) is 4.07. The Bertz CT molecular complexity index is 674. The summed E-state index contributed by atoms with van der Waals surface area (Å²) in [6.07, 6.45) is 9.86. The third kappa shape index (κ3) is 3.56. The number of nitrogens with one attached hydrogen (secondary N) is 1. The molecule has 2 aromatic heterocycles. The lowest BCUT2D eigenvalue weighted by molar-refractivity contribution is -0.0760. The average molecular weight is 315 g/mol. The van der Waals surface area contributed by atoms with Gasteiger partial charge in [-0.05, 0) is 26.2 Å². The van der Waals surface area contributed by atoms with E-state index in [1.54, 1.807) is 30.3 Å². The van der Waals surface area contributed by atoms with Gasteiger partial charge in [-0.2, -0.15) is 5.10 Å². The minimum atomic E-state index is -0.393. The summed E-state index contributed by atoms with van der Waals surface area (Å²) in [5, 5.41) is 6.81. The Balaban J connectivity index is 1.60. The lowest BCUT2D eigenvalue weighted by atomic mass is 9.95. The zero-order chi connectivity index (χ0) is 16.3. The standard InChI is InChI=1S/C16H21N5O2/c1-16(5-3-4-6-23-16)15-18-8-12(9-19-15)7-17-14(22)13-10-20-21(2)11-13/h8-11H,3-7H2,1-2H3,(H,17,22)/t16-/m1/s1. The maximum atomic E-state index is 12.0. The summed E-state index contributed by atoms with van der Waals surface area (Å²) < 4.78 is 7.44. The van der Waals surface area contributed by atoms with Crippen LogP contribution in [0.2, 0.25) is 0 Å². The lowest BCUT2D eigenvalue weighted by Gasteiger charge is -2.32. The summed E-state index contributed by atoms with van der Waals surface area (Å²) in [5.74, 6) is 0.546. The van der Waals surface area contributed by atoms with Crippen LogP contribution in [0.4, 0.5) is 0 Å². The van der Waals surface area contributed by atoms with Gasteiger partial charge in [-0.1, -0.05) is 0 Å². The van der Waals surface area contributed by atoms with Gasteiger partial charge in [0.1, 0.15) is 5.60 Å². The van der Waals surface area contributed by atoms with Crippen LogP contribution < -0.4 is 5.32 Å². The fraction of sp³-hybridized carbons (Fsp3) is 0.500. The fourth-order valence-corrected chi connectivity index (χ4v) is 2.65. The molecule has 0 unspecified atom stereocenters. The van der Waals surface area contributed by atoms with Crippen molar-refractivity contribution in [2.45, 2.75) is 38.3 Å². The number of ether oxygens (including phenoxy) is 1. The Morgan fingerprint density at radius 2 is 2.13 bits per heavy atom. The van der Waals surface area contributed by atoms with Crippen LogP contribution in [0.25, 0.3) is 0 Å². The summed E-state index contributed by atoms with van der Waals surface area (Å²) in [4.78, 5) is 20.8. The van der Waals surface area contributed by atoms with Crippen molar-refractivity contribution in [1.29, 1.82) is 0 Å². The van der Waals surface area contributed by atoms with Crippen molar-refractivity contribution in [3.05, 3.63) is 41.7 Å². The van der Waals surface area contributed by atoms with Crippen molar-refractivity contribution in [2.75, 3.05) is 6.61 Å². The van der Waals surface area contributed by atoms with E-state index in [-0.39, 0.29) is 5.91 Å². The highest BCUT2D eigenvalue weighted by atomic mass is 16.5. The average Bonchev–Trinajstić information content (AvgIpc) is 3.00. The van der Waals surface area contributed by atoms with E-state index in [9.17, 15) is 4.79 Å². The highest BCUT2D eigenvalue weighted by Crippen LogP contribution is 2.32. The molecule has 1 fully saturated rings. The molecule has 2 aromatic rings. The second-order valence-electron chi connectivity index (χ2n) is 6.04. The maximum absolute atomic E-state index is 12.0. The van der Waals surface area contributed by atoms with Gasteiger partial charge in [0.25, 0.3) is 5.91 Å². The Morgan fingerprint density at radius 1 is 1.35 bits per heavy atom. The molecule has 0 aromatic carbocycles. The van der Waals surface area contributed by atoms with Crippen LogP contribution in [0, 0.1) is 0 Å². The normalized spacial score (nSPS) is 21.1. The van der Waals surface area contributed by atoms with Gasteiger partial charge in [0.05, 0.1) is 11.8 Å². The first-order valence-electron chi connectivity index (χ1n) is 7.79. The highest BCUT2D eigenvalue weighted by Gasteiger charge is 2.32. The zero-order valence-electron chi connectivity index (χ0n) is 13.5. The minimum absolute atomic E-state index is 0.162. The zero-order valence-corrected chi connectivity index (χ0v) is 13.5. The van der Waals surface area contributed by atoms with Gasteiger partial charge >= 0.3 is 0 Å². The molecule has 1 saturated heterocycles. The van der Waals surface area contributed by atoms with Gasteiger partial charge < -0.3 is 10.1 Å². The van der Waals surface area contributed by atoms with Crippen LogP contribution in [-0.2, 0) is 23.9 Å². The van der Waals surface area contributed by atoms with Crippen LogP contribution in [0.15, 0.2) is 24.8 Å². The van der Waals surface area contributed by atoms with Crippen molar-refractivity contribution in [1.82, 2.24) is 25.1 Å². The van der Waals surface area contributed by atoms with E-state index in [0.717, 1.165) is 31.4 Å². The van der Waals surface area contributed by atoms with E-state index >= 15 is 0 Å². The topological polar surface area (TPSA) is 81.9 Å². The summed E-state index contributed by atoms with van der Waals surface area (Å²) in [6.45, 7) is 3.17. The van der Waals surface area contributed by atoms with Crippen LogP contribution in [0.1, 0.15) is 47.9 Å². The molecule has 3 heterocycles. The third-order valence-corrected chi connectivity index (χ3v) is 4.07. The van der Waals surface area contributed by atoms with Crippen LogP contribution in [0.5, 0.6) is 0 Å². The van der Waals surface area contributed by atoms with E-state index in [1.807, 2.05) is 6.92 Å². The van der Waals surface area contributed by atoms with Crippen LogP contribution >= 0.6 is 0 Å². The van der Waals surface area contributed by atoms with E-state index in [1.165, 1.54) is 6.20 Å². The number of hydrogen-bond acceptors (Lipinski definition) is 5. The van der Waals surface area contributed by atoms with Crippen molar-refractivity contribution < 1.29 is 9.53 Å². The van der Waals surface area contributed by atoms with Gasteiger partial charge in [-0.3, -0.25) is 9.48 Å². The predicted molar refractivity (Wildman–Crippen MR) is 83.6 cm³/mol. The van der Waals surface area contributed by atoms with Gasteiger partial charge in [0, 0.05) is 44.4 Å². The lowest BCUT2D eigenvalue weighted by Crippen LogP contribution is -2.32. The highest BCUT2D eigenvalue weighted by molar-refractivity contribution is 5.93. The molecule has 0 radical (unpaired) electrons. The molecule has 0 saturated carbocycles. The smallest absolute Gasteiger partial charge is 0.254 e. The summed E-state index contributed by atoms with van der Waals surface area (Å²) in [6, 6.07) is 0.